The van der Waals surface area contributed by atoms with Crippen molar-refractivity contribution >= 4 is 17.6 Å². The molecule has 1 fully saturated rings. The first-order chi connectivity index (χ1) is 10.1. The molecule has 7 heteroatoms. The fourth-order valence-electron chi connectivity index (χ4n) is 2.69. The van der Waals surface area contributed by atoms with Gasteiger partial charge in [0.05, 0.1) is 26.1 Å². The summed E-state index contributed by atoms with van der Waals surface area (Å²) in [4.78, 5) is 14.1. The van der Waals surface area contributed by atoms with Crippen molar-refractivity contribution in [1.82, 2.24) is 9.78 Å². The fraction of sp³-hybridized carbons (Fsp3) is 0.643. The molecular formula is C14H21N5O2. The zero-order valence-corrected chi connectivity index (χ0v) is 12.5. The zero-order valence-electron chi connectivity index (χ0n) is 12.5. The average molecular weight is 291 g/mol. The molecule has 2 heterocycles. The Labute approximate surface area is 124 Å². The number of anilines is 2. The van der Waals surface area contributed by atoms with Crippen molar-refractivity contribution in [2.75, 3.05) is 30.8 Å². The van der Waals surface area contributed by atoms with Crippen LogP contribution >= 0.6 is 0 Å². The standard InChI is InChI=1S/C14H21N5O2/c1-10-5-3-7-18(9-10)13-11(14(20)21-2)12(16)19(17-13)8-4-6-15/h10H,3-5,7-9,16H2,1-2H3. The first-order valence-corrected chi connectivity index (χ1v) is 7.15. The van der Waals surface area contributed by atoms with E-state index in [0.717, 1.165) is 19.5 Å². The topological polar surface area (TPSA) is 97.2 Å². The molecule has 1 saturated heterocycles. The van der Waals surface area contributed by atoms with Crippen LogP contribution in [0.1, 0.15) is 36.5 Å². The van der Waals surface area contributed by atoms with Gasteiger partial charge in [0.2, 0.25) is 0 Å². The van der Waals surface area contributed by atoms with Gasteiger partial charge in [-0.15, -0.1) is 0 Å². The van der Waals surface area contributed by atoms with Crippen molar-refractivity contribution in [3.8, 4) is 6.07 Å². The van der Waals surface area contributed by atoms with Crippen LogP contribution in [0.3, 0.4) is 0 Å². The minimum atomic E-state index is -0.482. The van der Waals surface area contributed by atoms with Crippen molar-refractivity contribution in [2.24, 2.45) is 5.92 Å². The predicted octanol–water partition coefficient (Wildman–Crippen LogP) is 1.40. The Bertz CT molecular complexity index is 560. The number of carbonyl (C=O) groups excluding carboxylic acids is 1. The minimum Gasteiger partial charge on any atom is -0.465 e. The van der Waals surface area contributed by atoms with E-state index in [9.17, 15) is 4.79 Å². The molecular weight excluding hydrogens is 270 g/mol. The lowest BCUT2D eigenvalue weighted by atomic mass is 10.00. The van der Waals surface area contributed by atoms with Crippen molar-refractivity contribution in [2.45, 2.75) is 32.7 Å². The molecule has 1 aromatic rings. The smallest absolute Gasteiger partial charge is 0.345 e. The second-order valence-corrected chi connectivity index (χ2v) is 5.40. The lowest BCUT2D eigenvalue weighted by molar-refractivity contribution is 0.0602. The Hall–Kier alpha value is -2.23. The number of hydrogen-bond donors (Lipinski definition) is 1. The summed E-state index contributed by atoms with van der Waals surface area (Å²) in [6.45, 7) is 4.25. The van der Waals surface area contributed by atoms with E-state index in [-0.39, 0.29) is 5.82 Å². The summed E-state index contributed by atoms with van der Waals surface area (Å²) in [5, 5.41) is 13.1. The summed E-state index contributed by atoms with van der Waals surface area (Å²) in [6, 6.07) is 2.06. The fourth-order valence-corrected chi connectivity index (χ4v) is 2.69. The van der Waals surface area contributed by atoms with Gasteiger partial charge >= 0.3 is 5.97 Å². The van der Waals surface area contributed by atoms with Crippen LogP contribution in [0, 0.1) is 17.2 Å². The van der Waals surface area contributed by atoms with Crippen LogP contribution in [0.15, 0.2) is 0 Å². The van der Waals surface area contributed by atoms with Crippen molar-refractivity contribution in [1.29, 1.82) is 5.26 Å². The largest absolute Gasteiger partial charge is 0.465 e. The van der Waals surface area contributed by atoms with E-state index >= 15 is 0 Å². The third kappa shape index (κ3) is 3.10. The van der Waals surface area contributed by atoms with Gasteiger partial charge in [0, 0.05) is 13.1 Å². The summed E-state index contributed by atoms with van der Waals surface area (Å²) in [7, 11) is 1.33. The van der Waals surface area contributed by atoms with Crippen LogP contribution in [0.5, 0.6) is 0 Å². The number of aryl methyl sites for hydroxylation is 1. The number of nitriles is 1. The van der Waals surface area contributed by atoms with Crippen molar-refractivity contribution in [3.05, 3.63) is 5.56 Å². The van der Waals surface area contributed by atoms with Crippen LogP contribution in [0.2, 0.25) is 0 Å². The molecule has 0 saturated carbocycles. The molecule has 0 radical (unpaired) electrons. The number of hydrogen-bond acceptors (Lipinski definition) is 6. The monoisotopic (exact) mass is 291 g/mol. The summed E-state index contributed by atoms with van der Waals surface area (Å²) >= 11 is 0. The Morgan fingerprint density at radius 2 is 2.38 bits per heavy atom. The van der Waals surface area contributed by atoms with Crippen molar-refractivity contribution in [3.63, 3.8) is 0 Å². The Morgan fingerprint density at radius 3 is 3.00 bits per heavy atom. The number of piperidine rings is 1. The molecule has 1 aliphatic rings. The van der Waals surface area contributed by atoms with E-state index in [1.807, 2.05) is 0 Å². The lowest BCUT2D eigenvalue weighted by Gasteiger charge is -2.31. The maximum absolute atomic E-state index is 12.0. The second kappa shape index (κ2) is 6.48. The quantitative estimate of drug-likeness (QED) is 0.842. The minimum absolute atomic E-state index is 0.269. The van der Waals surface area contributed by atoms with Gasteiger partial charge in [0.25, 0.3) is 0 Å². The van der Waals surface area contributed by atoms with Gasteiger partial charge in [-0.1, -0.05) is 6.92 Å². The van der Waals surface area contributed by atoms with Gasteiger partial charge in [0.1, 0.15) is 11.4 Å². The van der Waals surface area contributed by atoms with E-state index < -0.39 is 5.97 Å². The number of aromatic nitrogens is 2. The molecule has 2 rings (SSSR count). The third-order valence-corrected chi connectivity index (χ3v) is 3.75. The molecule has 0 spiro atoms. The normalized spacial score (nSPS) is 18.3. The first-order valence-electron chi connectivity index (χ1n) is 7.15. The summed E-state index contributed by atoms with van der Waals surface area (Å²) in [5.74, 6) is 0.910. The van der Waals surface area contributed by atoms with Crippen LogP contribution < -0.4 is 10.6 Å². The molecule has 0 amide bonds. The molecule has 1 aromatic heterocycles. The maximum Gasteiger partial charge on any atom is 0.345 e. The molecule has 7 nitrogen and oxygen atoms in total. The number of nitrogen functional groups attached to an aromatic ring is 1. The van der Waals surface area contributed by atoms with Crippen molar-refractivity contribution < 1.29 is 9.53 Å². The molecule has 0 aliphatic carbocycles. The van der Waals surface area contributed by atoms with E-state index in [0.29, 0.717) is 30.3 Å². The van der Waals surface area contributed by atoms with Crippen LogP contribution in [0.25, 0.3) is 0 Å². The average Bonchev–Trinajstić information content (AvgIpc) is 2.81. The highest BCUT2D eigenvalue weighted by atomic mass is 16.5. The summed E-state index contributed by atoms with van der Waals surface area (Å²) < 4.78 is 6.35. The first kappa shape index (κ1) is 15.2. The second-order valence-electron chi connectivity index (χ2n) is 5.40. The highest BCUT2D eigenvalue weighted by molar-refractivity contribution is 5.99. The predicted molar refractivity (Wildman–Crippen MR) is 78.8 cm³/mol. The SMILES string of the molecule is COC(=O)c1c(N2CCCC(C)C2)nn(CCC#N)c1N. The lowest BCUT2D eigenvalue weighted by Crippen LogP contribution is -2.35. The van der Waals surface area contributed by atoms with E-state index in [4.69, 9.17) is 15.7 Å². The molecule has 21 heavy (non-hydrogen) atoms. The maximum atomic E-state index is 12.0. The van der Waals surface area contributed by atoms with Gasteiger partial charge in [-0.25, -0.2) is 9.48 Å². The van der Waals surface area contributed by atoms with E-state index in [2.05, 4.69) is 23.0 Å². The number of carbonyl (C=O) groups is 1. The number of esters is 1. The number of methoxy groups -OCH3 is 1. The number of nitrogens with zero attached hydrogens (tertiary/aromatic N) is 4. The van der Waals surface area contributed by atoms with Crippen LogP contribution in [-0.2, 0) is 11.3 Å². The Balaban J connectivity index is 2.38. The Kier molecular flexibility index (Phi) is 4.68. The van der Waals surface area contributed by atoms with Gasteiger partial charge < -0.3 is 15.4 Å². The summed E-state index contributed by atoms with van der Waals surface area (Å²) in [6.07, 6.45) is 2.53. The molecule has 114 valence electrons. The summed E-state index contributed by atoms with van der Waals surface area (Å²) in [5.41, 5.74) is 6.34. The molecule has 0 aromatic carbocycles. The third-order valence-electron chi connectivity index (χ3n) is 3.75. The van der Waals surface area contributed by atoms with Gasteiger partial charge in [-0.05, 0) is 18.8 Å². The Morgan fingerprint density at radius 1 is 1.62 bits per heavy atom. The molecule has 0 bridgehead atoms. The molecule has 1 aliphatic heterocycles. The van der Waals surface area contributed by atoms with Gasteiger partial charge in [-0.3, -0.25) is 0 Å². The highest BCUT2D eigenvalue weighted by Crippen LogP contribution is 2.29. The van der Waals surface area contributed by atoms with E-state index in [1.54, 1.807) is 0 Å². The molecule has 2 N–H and O–H groups in total. The van der Waals surface area contributed by atoms with Crippen LogP contribution in [0.4, 0.5) is 11.6 Å². The van der Waals surface area contributed by atoms with Crippen LogP contribution in [-0.4, -0.2) is 35.9 Å². The zero-order chi connectivity index (χ0) is 15.4. The highest BCUT2D eigenvalue weighted by Gasteiger charge is 2.28. The molecule has 1 unspecified atom stereocenters. The number of nitrogens with two attached hydrogens (primary N) is 1. The van der Waals surface area contributed by atoms with E-state index in [1.165, 1.54) is 18.2 Å². The van der Waals surface area contributed by atoms with Gasteiger partial charge in [0.15, 0.2) is 5.82 Å². The molecule has 1 atom stereocenters. The number of rotatable bonds is 4. The van der Waals surface area contributed by atoms with Gasteiger partial charge in [-0.2, -0.15) is 10.4 Å². The number of ether oxygens (including phenoxy) is 1.